The normalized spacial score (nSPS) is 9.47. The summed E-state index contributed by atoms with van der Waals surface area (Å²) in [5.74, 6) is -1.13. The van der Waals surface area contributed by atoms with Crippen LogP contribution in [0.25, 0.3) is 0 Å². The molecule has 4 amide bonds. The number of carbonyl (C=O) groups excluding carboxylic acids is 2. The number of amides is 4. The molecule has 8 heteroatoms. The standard InChI is InChI=1S/C11H14N4O4/c12-10(18)13-5-6-14-11(19)15-8-4-2-1-3-7(8)9(16)17/h1-4H,5-6H2,(H,16,17)(H3,12,13,18)(H2,14,15,19). The lowest BCUT2D eigenvalue weighted by Crippen LogP contribution is -2.38. The maximum Gasteiger partial charge on any atom is 0.337 e. The Labute approximate surface area is 109 Å². The first-order valence-electron chi connectivity index (χ1n) is 5.41. The maximum absolute atomic E-state index is 11.5. The predicted octanol–water partition coefficient (Wildman–Crippen LogP) is 0.175. The highest BCUT2D eigenvalue weighted by Crippen LogP contribution is 2.14. The molecule has 8 nitrogen and oxygen atoms in total. The van der Waals surface area contributed by atoms with Gasteiger partial charge in [-0.2, -0.15) is 0 Å². The van der Waals surface area contributed by atoms with Gasteiger partial charge in [0.15, 0.2) is 0 Å². The summed E-state index contributed by atoms with van der Waals surface area (Å²) in [6, 6.07) is 4.77. The average Bonchev–Trinajstić information content (AvgIpc) is 2.35. The van der Waals surface area contributed by atoms with Gasteiger partial charge in [0.2, 0.25) is 0 Å². The van der Waals surface area contributed by atoms with Crippen LogP contribution in [0.5, 0.6) is 0 Å². The molecular formula is C11H14N4O4. The number of nitrogens with two attached hydrogens (primary N) is 1. The molecule has 0 spiro atoms. The number of primary amides is 1. The predicted molar refractivity (Wildman–Crippen MR) is 68.0 cm³/mol. The molecule has 1 rings (SSSR count). The summed E-state index contributed by atoms with van der Waals surface area (Å²) >= 11 is 0. The van der Waals surface area contributed by atoms with Crippen molar-refractivity contribution in [3.63, 3.8) is 0 Å². The third-order valence-corrected chi connectivity index (χ3v) is 2.12. The van der Waals surface area contributed by atoms with Crippen LogP contribution in [0.15, 0.2) is 24.3 Å². The van der Waals surface area contributed by atoms with E-state index in [9.17, 15) is 14.4 Å². The fraction of sp³-hybridized carbons (Fsp3) is 0.182. The summed E-state index contributed by atoms with van der Waals surface area (Å²) in [5.41, 5.74) is 5.03. The van der Waals surface area contributed by atoms with Gasteiger partial charge < -0.3 is 26.8 Å². The molecule has 0 aliphatic rings. The first kappa shape index (κ1) is 14.3. The van der Waals surface area contributed by atoms with E-state index in [1.54, 1.807) is 12.1 Å². The van der Waals surface area contributed by atoms with Crippen LogP contribution in [0.2, 0.25) is 0 Å². The maximum atomic E-state index is 11.5. The smallest absolute Gasteiger partial charge is 0.337 e. The number of benzene rings is 1. The second-order valence-electron chi connectivity index (χ2n) is 3.52. The van der Waals surface area contributed by atoms with E-state index in [4.69, 9.17) is 10.8 Å². The number of hydrogen-bond donors (Lipinski definition) is 5. The minimum Gasteiger partial charge on any atom is -0.478 e. The highest BCUT2D eigenvalue weighted by atomic mass is 16.4. The monoisotopic (exact) mass is 266 g/mol. The second-order valence-corrected chi connectivity index (χ2v) is 3.52. The van der Waals surface area contributed by atoms with Crippen LogP contribution >= 0.6 is 0 Å². The fourth-order valence-corrected chi connectivity index (χ4v) is 1.31. The van der Waals surface area contributed by atoms with E-state index in [2.05, 4.69) is 16.0 Å². The van der Waals surface area contributed by atoms with E-state index in [1.807, 2.05) is 0 Å². The van der Waals surface area contributed by atoms with Gasteiger partial charge in [-0.3, -0.25) is 0 Å². The van der Waals surface area contributed by atoms with Gasteiger partial charge in [-0.15, -0.1) is 0 Å². The lowest BCUT2D eigenvalue weighted by Gasteiger charge is -2.09. The van der Waals surface area contributed by atoms with E-state index in [1.165, 1.54) is 12.1 Å². The summed E-state index contributed by atoms with van der Waals surface area (Å²) in [6.45, 7) is 0.355. The van der Waals surface area contributed by atoms with Crippen LogP contribution in [0, 0.1) is 0 Å². The van der Waals surface area contributed by atoms with Gasteiger partial charge in [-0.05, 0) is 12.1 Å². The number of para-hydroxylation sites is 1. The number of urea groups is 2. The summed E-state index contributed by atoms with van der Waals surface area (Å²) < 4.78 is 0. The Morgan fingerprint density at radius 3 is 2.37 bits per heavy atom. The Bertz CT molecular complexity index is 489. The Morgan fingerprint density at radius 2 is 1.74 bits per heavy atom. The van der Waals surface area contributed by atoms with Gasteiger partial charge in [0.25, 0.3) is 0 Å². The molecule has 0 aliphatic heterocycles. The van der Waals surface area contributed by atoms with Gasteiger partial charge in [0.1, 0.15) is 0 Å². The van der Waals surface area contributed by atoms with Crippen molar-refractivity contribution < 1.29 is 19.5 Å². The zero-order valence-corrected chi connectivity index (χ0v) is 9.97. The minimum absolute atomic E-state index is 0.00656. The SMILES string of the molecule is NC(=O)NCCNC(=O)Nc1ccccc1C(=O)O. The molecule has 0 fully saturated rings. The van der Waals surface area contributed by atoms with Gasteiger partial charge >= 0.3 is 18.0 Å². The molecule has 19 heavy (non-hydrogen) atoms. The van der Waals surface area contributed by atoms with Crippen LogP contribution in [-0.2, 0) is 0 Å². The Balaban J connectivity index is 2.48. The summed E-state index contributed by atoms with van der Waals surface area (Å²) in [5, 5.41) is 16.1. The van der Waals surface area contributed by atoms with Crippen molar-refractivity contribution in [3.05, 3.63) is 29.8 Å². The summed E-state index contributed by atoms with van der Waals surface area (Å²) in [6.07, 6.45) is 0. The third kappa shape index (κ3) is 4.94. The van der Waals surface area contributed by atoms with Gasteiger partial charge in [-0.25, -0.2) is 14.4 Å². The number of carbonyl (C=O) groups is 3. The van der Waals surface area contributed by atoms with Gasteiger partial charge in [-0.1, -0.05) is 12.1 Å². The minimum atomic E-state index is -1.13. The number of anilines is 1. The molecule has 102 valence electrons. The largest absolute Gasteiger partial charge is 0.478 e. The first-order valence-corrected chi connectivity index (χ1v) is 5.41. The Hall–Kier alpha value is -2.77. The Kier molecular flexibility index (Phi) is 5.15. The molecular weight excluding hydrogens is 252 g/mol. The van der Waals surface area contributed by atoms with E-state index in [0.29, 0.717) is 0 Å². The zero-order valence-electron chi connectivity index (χ0n) is 9.97. The molecule has 0 bridgehead atoms. The molecule has 0 saturated carbocycles. The molecule has 0 heterocycles. The molecule has 6 N–H and O–H groups in total. The molecule has 0 unspecified atom stereocenters. The lowest BCUT2D eigenvalue weighted by atomic mass is 10.2. The van der Waals surface area contributed by atoms with Gasteiger partial charge in [0, 0.05) is 13.1 Å². The van der Waals surface area contributed by atoms with Crippen molar-refractivity contribution in [2.75, 3.05) is 18.4 Å². The fourth-order valence-electron chi connectivity index (χ4n) is 1.31. The van der Waals surface area contributed by atoms with Gasteiger partial charge in [0.05, 0.1) is 11.3 Å². The van der Waals surface area contributed by atoms with Crippen molar-refractivity contribution in [3.8, 4) is 0 Å². The number of hydrogen-bond acceptors (Lipinski definition) is 3. The Morgan fingerprint density at radius 1 is 1.11 bits per heavy atom. The van der Waals surface area contributed by atoms with Crippen LogP contribution in [0.1, 0.15) is 10.4 Å². The summed E-state index contributed by atoms with van der Waals surface area (Å²) in [7, 11) is 0. The molecule has 1 aromatic carbocycles. The van der Waals surface area contributed by atoms with E-state index in [-0.39, 0.29) is 24.3 Å². The van der Waals surface area contributed by atoms with Crippen LogP contribution in [0.3, 0.4) is 0 Å². The molecule has 0 aromatic heterocycles. The van der Waals surface area contributed by atoms with Crippen molar-refractivity contribution in [1.82, 2.24) is 10.6 Å². The van der Waals surface area contributed by atoms with Crippen molar-refractivity contribution >= 4 is 23.7 Å². The number of carboxylic acids is 1. The highest BCUT2D eigenvalue weighted by molar-refractivity contribution is 5.99. The number of carboxylic acid groups (broad SMARTS) is 1. The van der Waals surface area contributed by atoms with Crippen molar-refractivity contribution in [2.24, 2.45) is 5.73 Å². The molecule has 0 radical (unpaired) electrons. The number of aromatic carboxylic acids is 1. The van der Waals surface area contributed by atoms with E-state index in [0.717, 1.165) is 0 Å². The molecule has 0 saturated heterocycles. The topological polar surface area (TPSA) is 134 Å². The number of nitrogens with one attached hydrogen (secondary N) is 3. The second kappa shape index (κ2) is 6.84. The van der Waals surface area contributed by atoms with Crippen molar-refractivity contribution in [1.29, 1.82) is 0 Å². The first-order chi connectivity index (χ1) is 9.00. The molecule has 0 atom stereocenters. The lowest BCUT2D eigenvalue weighted by molar-refractivity contribution is 0.0698. The van der Waals surface area contributed by atoms with Crippen molar-refractivity contribution in [2.45, 2.75) is 0 Å². The highest BCUT2D eigenvalue weighted by Gasteiger charge is 2.10. The summed E-state index contributed by atoms with van der Waals surface area (Å²) in [4.78, 5) is 32.8. The zero-order chi connectivity index (χ0) is 14.3. The van der Waals surface area contributed by atoms with E-state index >= 15 is 0 Å². The molecule has 1 aromatic rings. The third-order valence-electron chi connectivity index (χ3n) is 2.12. The number of rotatable bonds is 5. The van der Waals surface area contributed by atoms with E-state index < -0.39 is 18.0 Å². The average molecular weight is 266 g/mol. The van der Waals surface area contributed by atoms with Crippen LogP contribution in [-0.4, -0.2) is 36.2 Å². The molecule has 0 aliphatic carbocycles. The van der Waals surface area contributed by atoms with Crippen LogP contribution < -0.4 is 21.7 Å². The quantitative estimate of drug-likeness (QED) is 0.486. The van der Waals surface area contributed by atoms with Crippen LogP contribution in [0.4, 0.5) is 15.3 Å².